The van der Waals surface area contributed by atoms with E-state index >= 15 is 0 Å². The molecule has 3 heterocycles. The number of benzene rings is 2. The monoisotopic (exact) mass is 539 g/mol. The molecular weight excluding hydrogens is 511 g/mol. The number of thiazole rings is 2. The van der Waals surface area contributed by atoms with E-state index in [1.807, 2.05) is 29.3 Å². The largest absolute Gasteiger partial charge is 0.550 e. The Bertz CT molecular complexity index is 1620. The quantitative estimate of drug-likeness (QED) is 0.373. The molecule has 2 aromatic carbocycles. The summed E-state index contributed by atoms with van der Waals surface area (Å²) in [4.78, 5) is 24.2. The van der Waals surface area contributed by atoms with Crippen molar-refractivity contribution in [3.63, 3.8) is 0 Å². The van der Waals surface area contributed by atoms with Gasteiger partial charge in [-0.1, -0.05) is 35.6 Å². The number of hydrogen-bond acceptors (Lipinski definition) is 7. The minimum Gasteiger partial charge on any atom is -0.550 e. The molecule has 1 fully saturated rings. The molecule has 0 spiro atoms. The smallest absolute Gasteiger partial charge is 0.269 e. The van der Waals surface area contributed by atoms with E-state index in [0.29, 0.717) is 6.54 Å². The van der Waals surface area contributed by atoms with Crippen LogP contribution >= 0.6 is 34.4 Å². The Hall–Kier alpha value is -2.88. The number of carboxylic acids is 1. The third-order valence-electron chi connectivity index (χ3n) is 5.86. The Morgan fingerprint density at radius 1 is 1.14 bits per heavy atom. The molecule has 1 aliphatic rings. The van der Waals surface area contributed by atoms with E-state index in [1.165, 1.54) is 31.0 Å². The van der Waals surface area contributed by atoms with Crippen LogP contribution in [0, 0.1) is 0 Å². The van der Waals surface area contributed by atoms with Gasteiger partial charge in [0.25, 0.3) is 10.6 Å². The summed E-state index contributed by atoms with van der Waals surface area (Å²) in [6.07, 6.45) is 6.28. The predicted octanol–water partition coefficient (Wildman–Crippen LogP) is 2.49. The minimum atomic E-state index is -1.08. The lowest BCUT2D eigenvalue weighted by atomic mass is 10.1. The Morgan fingerprint density at radius 2 is 1.89 bits per heavy atom. The van der Waals surface area contributed by atoms with Gasteiger partial charge in [0.2, 0.25) is 5.52 Å². The van der Waals surface area contributed by atoms with E-state index in [9.17, 15) is 4.79 Å². The number of thioether (sulfide) groups is 1. The zero-order valence-corrected chi connectivity index (χ0v) is 23.3. The van der Waals surface area contributed by atoms with E-state index in [0.717, 1.165) is 35.0 Å². The molecule has 1 saturated heterocycles. The number of aromatic nitrogens is 2. The highest BCUT2D eigenvalue weighted by molar-refractivity contribution is 8.03. The number of aryl methyl sites for hydroxylation is 1. The number of aliphatic carboxylic acids is 1. The van der Waals surface area contributed by atoms with Gasteiger partial charge in [-0.25, -0.2) is 0 Å². The predicted molar refractivity (Wildman–Crippen MR) is 151 cm³/mol. The summed E-state index contributed by atoms with van der Waals surface area (Å²) in [5.74, 6) is 0.0243. The van der Waals surface area contributed by atoms with Gasteiger partial charge in [0, 0.05) is 31.9 Å². The number of rotatable bonds is 4. The van der Waals surface area contributed by atoms with Crippen LogP contribution in [0.15, 0.2) is 52.3 Å². The fourth-order valence-corrected chi connectivity index (χ4v) is 7.54. The fraction of sp³-hybridized carbons (Fsp3) is 0.296. The standard InChI is InChI=1S/C25H26N3OS3.C2H4O2/c1-4-27-22(31-19-11-10-17-8-6-7-9-18(17)24(19)27)16-23-28(5-2)25(29)20(32-23)12-13-21-26(3)14-15-30-21;1-2(3)4/h6-13,16H,4-5,14-15H2,1-3H3;1H3,(H,3,4)/q+1;/p-1/b20-12-,21-13-;. The molecule has 0 aliphatic carbocycles. The normalized spacial score (nSPS) is 15.8. The molecule has 0 saturated carbocycles. The van der Waals surface area contributed by atoms with Crippen LogP contribution in [-0.4, -0.2) is 34.8 Å². The third kappa shape index (κ3) is 5.43. The Labute approximate surface area is 222 Å². The topological polar surface area (TPSA) is 69.2 Å². The molecule has 4 aromatic rings. The van der Waals surface area contributed by atoms with Gasteiger partial charge in [-0.2, -0.15) is 4.57 Å². The summed E-state index contributed by atoms with van der Waals surface area (Å²) in [6.45, 7) is 7.81. The van der Waals surface area contributed by atoms with Gasteiger partial charge >= 0.3 is 0 Å². The Kier molecular flexibility index (Phi) is 8.33. The number of carbonyl (C=O) groups is 1. The zero-order valence-electron chi connectivity index (χ0n) is 20.8. The van der Waals surface area contributed by atoms with Crippen LogP contribution in [-0.2, 0) is 17.9 Å². The lowest BCUT2D eigenvalue weighted by Gasteiger charge is -2.09. The van der Waals surface area contributed by atoms with Crippen LogP contribution in [0.2, 0.25) is 0 Å². The van der Waals surface area contributed by atoms with Gasteiger partial charge in [0.05, 0.1) is 21.0 Å². The van der Waals surface area contributed by atoms with Crippen molar-refractivity contribution in [1.82, 2.24) is 9.47 Å². The van der Waals surface area contributed by atoms with Crippen molar-refractivity contribution in [3.05, 3.63) is 72.1 Å². The Morgan fingerprint density at radius 3 is 2.56 bits per heavy atom. The van der Waals surface area contributed by atoms with Crippen molar-refractivity contribution in [2.45, 2.75) is 33.9 Å². The third-order valence-corrected chi connectivity index (χ3v) is 9.17. The summed E-state index contributed by atoms with van der Waals surface area (Å²) in [6, 6.07) is 13.0. The van der Waals surface area contributed by atoms with Crippen LogP contribution in [0.5, 0.6) is 0 Å². The number of carboxylic acid groups (broad SMARTS) is 1. The molecule has 0 bridgehead atoms. The van der Waals surface area contributed by atoms with Crippen LogP contribution in [0.1, 0.15) is 25.8 Å². The molecule has 2 aromatic heterocycles. The molecule has 0 radical (unpaired) electrons. The highest BCUT2D eigenvalue weighted by Gasteiger charge is 2.20. The van der Waals surface area contributed by atoms with Crippen molar-refractivity contribution in [1.29, 1.82) is 0 Å². The van der Waals surface area contributed by atoms with E-state index < -0.39 is 5.97 Å². The molecule has 0 amide bonds. The Balaban J connectivity index is 0.000000709. The van der Waals surface area contributed by atoms with Crippen LogP contribution in [0.4, 0.5) is 0 Å². The van der Waals surface area contributed by atoms with E-state index in [2.05, 4.69) is 72.0 Å². The number of carbonyl (C=O) groups excluding carboxylic acids is 1. The van der Waals surface area contributed by atoms with Crippen LogP contribution in [0.25, 0.3) is 33.1 Å². The van der Waals surface area contributed by atoms with Gasteiger partial charge < -0.3 is 14.8 Å². The lowest BCUT2D eigenvalue weighted by Crippen LogP contribution is -2.35. The zero-order chi connectivity index (χ0) is 25.8. The van der Waals surface area contributed by atoms with E-state index in [4.69, 9.17) is 9.90 Å². The van der Waals surface area contributed by atoms with Crippen molar-refractivity contribution >= 4 is 73.5 Å². The first-order valence-electron chi connectivity index (χ1n) is 11.8. The first kappa shape index (κ1) is 26.2. The molecule has 5 rings (SSSR count). The summed E-state index contributed by atoms with van der Waals surface area (Å²) in [5, 5.41) is 13.8. The summed E-state index contributed by atoms with van der Waals surface area (Å²) in [7, 11) is 2.10. The van der Waals surface area contributed by atoms with Gasteiger partial charge in [-0.05, 0) is 50.4 Å². The highest BCUT2D eigenvalue weighted by Crippen LogP contribution is 2.28. The molecular formula is C27H29N3O3S3. The second-order valence-electron chi connectivity index (χ2n) is 8.25. The molecule has 1 aliphatic heterocycles. The van der Waals surface area contributed by atoms with Crippen LogP contribution < -0.4 is 24.4 Å². The number of allylic oxidation sites excluding steroid dienone is 1. The summed E-state index contributed by atoms with van der Waals surface area (Å²) in [5.41, 5.74) is 1.38. The second-order valence-corrected chi connectivity index (χ2v) is 11.5. The first-order chi connectivity index (χ1) is 17.3. The SMILES string of the molecule is CC(=O)[O-].CCn1c(=O)/c(=C/C=C2\SCCN2C)s/c1=C\c1sc2ccc3ccccc3c2[n+]1CC. The first-order valence-corrected chi connectivity index (χ1v) is 14.4. The average Bonchev–Trinajstić information content (AvgIpc) is 3.52. The highest BCUT2D eigenvalue weighted by atomic mass is 32.2. The number of hydrogen-bond donors (Lipinski definition) is 0. The molecule has 0 unspecified atom stereocenters. The van der Waals surface area contributed by atoms with E-state index in [1.54, 1.807) is 22.7 Å². The molecule has 6 nitrogen and oxygen atoms in total. The number of fused-ring (bicyclic) bond motifs is 3. The minimum absolute atomic E-state index is 0.0980. The molecule has 9 heteroatoms. The van der Waals surface area contributed by atoms with Gasteiger partial charge in [-0.3, -0.25) is 9.36 Å². The molecule has 0 atom stereocenters. The number of nitrogens with zero attached hydrogens (tertiary/aromatic N) is 3. The maximum Gasteiger partial charge on any atom is 0.269 e. The van der Waals surface area contributed by atoms with Crippen molar-refractivity contribution < 1.29 is 14.5 Å². The maximum absolute atomic E-state index is 13.1. The van der Waals surface area contributed by atoms with Crippen molar-refractivity contribution in [2.24, 2.45) is 0 Å². The second kappa shape index (κ2) is 11.5. The average molecular weight is 540 g/mol. The van der Waals surface area contributed by atoms with Crippen molar-refractivity contribution in [3.8, 4) is 0 Å². The molecule has 0 N–H and O–H groups in total. The lowest BCUT2D eigenvalue weighted by molar-refractivity contribution is -0.664. The maximum atomic E-state index is 13.1. The van der Waals surface area contributed by atoms with Crippen molar-refractivity contribution in [2.75, 3.05) is 19.3 Å². The van der Waals surface area contributed by atoms with E-state index in [-0.39, 0.29) is 5.56 Å². The molecule has 188 valence electrons. The fourth-order valence-electron chi connectivity index (χ4n) is 4.19. The van der Waals surface area contributed by atoms with Gasteiger partial charge in [-0.15, -0.1) is 23.1 Å². The van der Waals surface area contributed by atoms with Gasteiger partial charge in [0.15, 0.2) is 0 Å². The molecule has 36 heavy (non-hydrogen) atoms. The van der Waals surface area contributed by atoms with Gasteiger partial charge in [0.1, 0.15) is 15.9 Å². The summed E-state index contributed by atoms with van der Waals surface area (Å²) < 4.78 is 7.34. The van der Waals surface area contributed by atoms with Crippen LogP contribution in [0.3, 0.4) is 0 Å². The summed E-state index contributed by atoms with van der Waals surface area (Å²) >= 11 is 5.22.